The zero-order valence-electron chi connectivity index (χ0n) is 17.0. The molecular weight excluding hydrogens is 366 g/mol. The van der Waals surface area contributed by atoms with Crippen LogP contribution in [0.5, 0.6) is 11.5 Å². The molecule has 6 nitrogen and oxygen atoms in total. The number of benzene rings is 2. The van der Waals surface area contributed by atoms with E-state index in [0.717, 1.165) is 47.7 Å². The fourth-order valence-corrected chi connectivity index (χ4v) is 4.07. The molecule has 2 heterocycles. The minimum absolute atomic E-state index is 0.0340. The van der Waals surface area contributed by atoms with E-state index >= 15 is 0 Å². The van der Waals surface area contributed by atoms with E-state index in [9.17, 15) is 4.79 Å². The maximum atomic E-state index is 12.4. The number of carbonyl (C=O) groups is 1. The summed E-state index contributed by atoms with van der Waals surface area (Å²) in [5, 5.41) is 0. The van der Waals surface area contributed by atoms with E-state index in [1.807, 2.05) is 54.3 Å². The lowest BCUT2D eigenvalue weighted by Gasteiger charge is -2.25. The van der Waals surface area contributed by atoms with E-state index in [1.165, 1.54) is 0 Å². The van der Waals surface area contributed by atoms with Gasteiger partial charge in [0.05, 0.1) is 30.7 Å². The van der Waals surface area contributed by atoms with Gasteiger partial charge in [-0.3, -0.25) is 4.79 Å². The molecule has 1 fully saturated rings. The first-order valence-corrected chi connectivity index (χ1v) is 10.2. The third kappa shape index (κ3) is 3.92. The lowest BCUT2D eigenvalue weighted by atomic mass is 10.2. The van der Waals surface area contributed by atoms with Gasteiger partial charge < -0.3 is 18.9 Å². The Morgan fingerprint density at radius 3 is 2.83 bits per heavy atom. The number of hydrogen-bond acceptors (Lipinski definition) is 4. The molecule has 0 saturated carbocycles. The van der Waals surface area contributed by atoms with Crippen LogP contribution < -0.4 is 9.47 Å². The van der Waals surface area contributed by atoms with Gasteiger partial charge >= 0.3 is 0 Å². The number of para-hydroxylation sites is 2. The second-order valence-electron chi connectivity index (χ2n) is 7.24. The average molecular weight is 393 g/mol. The Morgan fingerprint density at radius 2 is 2.00 bits per heavy atom. The van der Waals surface area contributed by atoms with Crippen molar-refractivity contribution in [3.63, 3.8) is 0 Å². The van der Waals surface area contributed by atoms with Crippen molar-refractivity contribution in [1.29, 1.82) is 0 Å². The molecule has 6 heteroatoms. The number of hydrogen-bond donors (Lipinski definition) is 0. The van der Waals surface area contributed by atoms with Crippen LogP contribution in [-0.4, -0.2) is 40.6 Å². The summed E-state index contributed by atoms with van der Waals surface area (Å²) in [6.45, 7) is 3.90. The van der Waals surface area contributed by atoms with Crippen LogP contribution in [0.15, 0.2) is 48.5 Å². The number of rotatable bonds is 7. The van der Waals surface area contributed by atoms with Crippen molar-refractivity contribution in [2.24, 2.45) is 0 Å². The minimum Gasteiger partial charge on any atom is -0.497 e. The van der Waals surface area contributed by atoms with Gasteiger partial charge in [0, 0.05) is 19.0 Å². The maximum Gasteiger partial charge on any atom is 0.222 e. The molecule has 1 aliphatic heterocycles. The SMILES string of the molecule is CCC(=O)N1CCC[C@@H]1c1nc2ccccc2n1CCOc1cccc(OC)c1. The van der Waals surface area contributed by atoms with Crippen LogP contribution in [0.3, 0.4) is 0 Å². The van der Waals surface area contributed by atoms with Crippen molar-refractivity contribution in [3.8, 4) is 11.5 Å². The first kappa shape index (κ1) is 19.3. The molecule has 0 aliphatic carbocycles. The summed E-state index contributed by atoms with van der Waals surface area (Å²) in [6.07, 6.45) is 2.49. The van der Waals surface area contributed by atoms with Crippen LogP contribution in [0.1, 0.15) is 38.1 Å². The van der Waals surface area contributed by atoms with Gasteiger partial charge in [0.25, 0.3) is 0 Å². The van der Waals surface area contributed by atoms with E-state index in [1.54, 1.807) is 7.11 Å². The lowest BCUT2D eigenvalue weighted by Crippen LogP contribution is -2.31. The van der Waals surface area contributed by atoms with Gasteiger partial charge in [-0.05, 0) is 37.1 Å². The van der Waals surface area contributed by atoms with Gasteiger partial charge in [0.1, 0.15) is 23.9 Å². The summed E-state index contributed by atoms with van der Waals surface area (Å²) in [5.74, 6) is 2.70. The van der Waals surface area contributed by atoms with Gasteiger partial charge in [0.15, 0.2) is 0 Å². The van der Waals surface area contributed by atoms with Crippen LogP contribution in [0.4, 0.5) is 0 Å². The summed E-state index contributed by atoms with van der Waals surface area (Å²) >= 11 is 0. The summed E-state index contributed by atoms with van der Waals surface area (Å²) in [4.78, 5) is 19.3. The Labute approximate surface area is 171 Å². The molecule has 152 valence electrons. The highest BCUT2D eigenvalue weighted by molar-refractivity contribution is 5.78. The Hall–Kier alpha value is -3.02. The fraction of sp³-hybridized carbons (Fsp3) is 0.391. The molecule has 2 aromatic carbocycles. The smallest absolute Gasteiger partial charge is 0.222 e. The number of aromatic nitrogens is 2. The molecule has 0 radical (unpaired) electrons. The monoisotopic (exact) mass is 393 g/mol. The molecule has 1 aliphatic rings. The van der Waals surface area contributed by atoms with Crippen molar-refractivity contribution in [2.45, 2.75) is 38.8 Å². The van der Waals surface area contributed by atoms with Crippen LogP contribution >= 0.6 is 0 Å². The number of imidazole rings is 1. The van der Waals surface area contributed by atoms with Gasteiger partial charge in [0.2, 0.25) is 5.91 Å². The normalized spacial score (nSPS) is 16.3. The highest BCUT2D eigenvalue weighted by Gasteiger charge is 2.32. The molecular formula is C23H27N3O3. The molecule has 1 atom stereocenters. The van der Waals surface area contributed by atoms with Crippen molar-refractivity contribution in [3.05, 3.63) is 54.4 Å². The summed E-state index contributed by atoms with van der Waals surface area (Å²) in [7, 11) is 1.65. The van der Waals surface area contributed by atoms with Gasteiger partial charge in [-0.1, -0.05) is 25.1 Å². The highest BCUT2D eigenvalue weighted by atomic mass is 16.5. The largest absolute Gasteiger partial charge is 0.497 e. The highest BCUT2D eigenvalue weighted by Crippen LogP contribution is 2.34. The molecule has 4 rings (SSSR count). The number of methoxy groups -OCH3 is 1. The summed E-state index contributed by atoms with van der Waals surface area (Å²) in [5.41, 5.74) is 2.03. The van der Waals surface area contributed by atoms with E-state index in [2.05, 4.69) is 10.6 Å². The number of ether oxygens (including phenoxy) is 2. The number of fused-ring (bicyclic) bond motifs is 1. The number of amides is 1. The second-order valence-corrected chi connectivity index (χ2v) is 7.24. The fourth-order valence-electron chi connectivity index (χ4n) is 4.07. The Morgan fingerprint density at radius 1 is 1.17 bits per heavy atom. The van der Waals surface area contributed by atoms with Crippen LogP contribution in [0, 0.1) is 0 Å². The Balaban J connectivity index is 1.59. The molecule has 0 spiro atoms. The molecule has 0 bridgehead atoms. The molecule has 1 saturated heterocycles. The Bertz CT molecular complexity index is 998. The zero-order valence-corrected chi connectivity index (χ0v) is 17.0. The zero-order chi connectivity index (χ0) is 20.2. The van der Waals surface area contributed by atoms with Crippen LogP contribution in [0.2, 0.25) is 0 Å². The van der Waals surface area contributed by atoms with Crippen molar-refractivity contribution in [1.82, 2.24) is 14.5 Å². The molecule has 0 unspecified atom stereocenters. The van der Waals surface area contributed by atoms with E-state index < -0.39 is 0 Å². The van der Waals surface area contributed by atoms with Crippen molar-refractivity contribution < 1.29 is 14.3 Å². The molecule has 1 aromatic heterocycles. The standard InChI is InChI=1S/C23H27N3O3/c1-3-22(27)25-13-7-12-21(25)23-24-19-10-4-5-11-20(19)26(23)14-15-29-18-9-6-8-17(16-18)28-2/h4-6,8-11,16,21H,3,7,12-15H2,1-2H3/t21-/m1/s1. The predicted octanol–water partition coefficient (Wildman–Crippen LogP) is 4.20. The predicted molar refractivity (Wildman–Crippen MR) is 112 cm³/mol. The van der Waals surface area contributed by atoms with E-state index in [0.29, 0.717) is 19.6 Å². The first-order chi connectivity index (χ1) is 14.2. The summed E-state index contributed by atoms with van der Waals surface area (Å²) in [6, 6.07) is 15.8. The lowest BCUT2D eigenvalue weighted by molar-refractivity contribution is -0.131. The second kappa shape index (κ2) is 8.55. The van der Waals surface area contributed by atoms with E-state index in [-0.39, 0.29) is 11.9 Å². The minimum atomic E-state index is 0.0340. The van der Waals surface area contributed by atoms with Gasteiger partial charge in [-0.2, -0.15) is 0 Å². The number of likely N-dealkylation sites (tertiary alicyclic amines) is 1. The third-order valence-corrected chi connectivity index (χ3v) is 5.48. The van der Waals surface area contributed by atoms with E-state index in [4.69, 9.17) is 14.5 Å². The summed E-state index contributed by atoms with van der Waals surface area (Å²) < 4.78 is 13.4. The van der Waals surface area contributed by atoms with Crippen molar-refractivity contribution >= 4 is 16.9 Å². The molecule has 0 N–H and O–H groups in total. The molecule has 29 heavy (non-hydrogen) atoms. The van der Waals surface area contributed by atoms with Gasteiger partial charge in [-0.25, -0.2) is 4.98 Å². The maximum absolute atomic E-state index is 12.4. The third-order valence-electron chi connectivity index (χ3n) is 5.48. The average Bonchev–Trinajstić information content (AvgIpc) is 3.38. The van der Waals surface area contributed by atoms with Gasteiger partial charge in [-0.15, -0.1) is 0 Å². The van der Waals surface area contributed by atoms with Crippen LogP contribution in [0.25, 0.3) is 11.0 Å². The quantitative estimate of drug-likeness (QED) is 0.604. The number of carbonyl (C=O) groups excluding carboxylic acids is 1. The first-order valence-electron chi connectivity index (χ1n) is 10.2. The number of nitrogens with zero attached hydrogens (tertiary/aromatic N) is 3. The molecule has 3 aromatic rings. The topological polar surface area (TPSA) is 56.6 Å². The molecule has 1 amide bonds. The van der Waals surface area contributed by atoms with Crippen molar-refractivity contribution in [2.75, 3.05) is 20.3 Å². The van der Waals surface area contributed by atoms with Crippen LogP contribution in [-0.2, 0) is 11.3 Å². The Kier molecular flexibility index (Phi) is 5.69.